The number of aromatic nitrogens is 2. The van der Waals surface area contributed by atoms with Gasteiger partial charge >= 0.3 is 5.97 Å². The van der Waals surface area contributed by atoms with Crippen LogP contribution in [-0.2, 0) is 0 Å². The van der Waals surface area contributed by atoms with Gasteiger partial charge < -0.3 is 9.51 Å². The molecule has 2 heterocycles. The van der Waals surface area contributed by atoms with Crippen LogP contribution in [0.3, 0.4) is 0 Å². The SMILES string of the molecule is O=C(O)c1ccc2nc(-c3ccc(Cl)cc3Cl)cn2c1. The number of halogens is 2. The van der Waals surface area contributed by atoms with E-state index in [0.717, 1.165) is 5.56 Å². The second-order valence-corrected chi connectivity index (χ2v) is 5.08. The monoisotopic (exact) mass is 306 g/mol. The summed E-state index contributed by atoms with van der Waals surface area (Å²) in [5.41, 5.74) is 2.26. The minimum atomic E-state index is -0.980. The quantitative estimate of drug-likeness (QED) is 0.778. The Labute approximate surface area is 124 Å². The molecule has 0 aliphatic rings. The zero-order valence-electron chi connectivity index (χ0n) is 10.0. The highest BCUT2D eigenvalue weighted by molar-refractivity contribution is 6.36. The second-order valence-electron chi connectivity index (χ2n) is 4.24. The average molecular weight is 307 g/mol. The maximum atomic E-state index is 10.9. The fourth-order valence-corrected chi connectivity index (χ4v) is 2.45. The lowest BCUT2D eigenvalue weighted by Gasteiger charge is -2.00. The molecule has 20 heavy (non-hydrogen) atoms. The first-order valence-corrected chi connectivity index (χ1v) is 6.47. The van der Waals surface area contributed by atoms with Crippen molar-refractivity contribution >= 4 is 34.8 Å². The Morgan fingerprint density at radius 3 is 2.65 bits per heavy atom. The summed E-state index contributed by atoms with van der Waals surface area (Å²) in [5.74, 6) is -0.980. The standard InChI is InChI=1S/C14H8Cl2N2O2/c15-9-2-3-10(11(16)5-9)12-7-18-6-8(14(19)20)1-4-13(18)17-12/h1-7H,(H,19,20). The summed E-state index contributed by atoms with van der Waals surface area (Å²) in [7, 11) is 0. The molecule has 3 rings (SSSR count). The molecular weight excluding hydrogens is 299 g/mol. The fraction of sp³-hybridized carbons (Fsp3) is 0. The van der Waals surface area contributed by atoms with Crippen molar-refractivity contribution in [3.05, 3.63) is 58.3 Å². The van der Waals surface area contributed by atoms with Crippen LogP contribution in [0.4, 0.5) is 0 Å². The Balaban J connectivity index is 2.15. The van der Waals surface area contributed by atoms with Gasteiger partial charge in [-0.1, -0.05) is 23.2 Å². The molecule has 0 fully saturated rings. The molecular formula is C14H8Cl2N2O2. The average Bonchev–Trinajstić information content (AvgIpc) is 2.80. The largest absolute Gasteiger partial charge is 0.478 e. The number of benzene rings is 1. The number of imidazole rings is 1. The van der Waals surface area contributed by atoms with Crippen LogP contribution in [0.2, 0.25) is 10.0 Å². The molecule has 1 N–H and O–H groups in total. The summed E-state index contributed by atoms with van der Waals surface area (Å²) in [5, 5.41) is 10.0. The Morgan fingerprint density at radius 1 is 1.15 bits per heavy atom. The van der Waals surface area contributed by atoms with Gasteiger partial charge in [0.2, 0.25) is 0 Å². The van der Waals surface area contributed by atoms with E-state index in [9.17, 15) is 4.79 Å². The van der Waals surface area contributed by atoms with E-state index < -0.39 is 5.97 Å². The number of nitrogens with zero attached hydrogens (tertiary/aromatic N) is 2. The van der Waals surface area contributed by atoms with Gasteiger partial charge in [-0.15, -0.1) is 0 Å². The number of carboxylic acid groups (broad SMARTS) is 1. The number of pyridine rings is 1. The Hall–Kier alpha value is -2.04. The van der Waals surface area contributed by atoms with Gasteiger partial charge in [0, 0.05) is 23.0 Å². The number of hydrogen-bond donors (Lipinski definition) is 1. The highest BCUT2D eigenvalue weighted by Gasteiger charge is 2.10. The summed E-state index contributed by atoms with van der Waals surface area (Å²) in [6.07, 6.45) is 3.24. The maximum absolute atomic E-state index is 10.9. The molecule has 0 aliphatic heterocycles. The normalized spacial score (nSPS) is 10.9. The van der Waals surface area contributed by atoms with Crippen molar-refractivity contribution in [2.45, 2.75) is 0 Å². The summed E-state index contributed by atoms with van der Waals surface area (Å²) in [4.78, 5) is 15.4. The number of carboxylic acids is 1. The van der Waals surface area contributed by atoms with Gasteiger partial charge in [0.05, 0.1) is 16.3 Å². The minimum absolute atomic E-state index is 0.198. The molecule has 0 atom stereocenters. The van der Waals surface area contributed by atoms with Gasteiger partial charge in [0.1, 0.15) is 5.65 Å². The van der Waals surface area contributed by atoms with E-state index in [-0.39, 0.29) is 5.56 Å². The molecule has 0 unspecified atom stereocenters. The van der Waals surface area contributed by atoms with Crippen molar-refractivity contribution in [2.24, 2.45) is 0 Å². The maximum Gasteiger partial charge on any atom is 0.337 e. The van der Waals surface area contributed by atoms with Crippen LogP contribution in [0.25, 0.3) is 16.9 Å². The van der Waals surface area contributed by atoms with E-state index in [0.29, 0.717) is 21.4 Å². The Morgan fingerprint density at radius 2 is 1.95 bits per heavy atom. The number of hydrogen-bond acceptors (Lipinski definition) is 2. The van der Waals surface area contributed by atoms with E-state index in [4.69, 9.17) is 28.3 Å². The molecule has 1 aromatic carbocycles. The number of fused-ring (bicyclic) bond motifs is 1. The van der Waals surface area contributed by atoms with Gasteiger partial charge in [-0.25, -0.2) is 9.78 Å². The van der Waals surface area contributed by atoms with Crippen molar-refractivity contribution in [1.82, 2.24) is 9.38 Å². The van der Waals surface area contributed by atoms with Gasteiger partial charge in [0.15, 0.2) is 0 Å². The molecule has 0 saturated carbocycles. The minimum Gasteiger partial charge on any atom is -0.478 e. The molecule has 2 aromatic heterocycles. The summed E-state index contributed by atoms with van der Waals surface area (Å²) in [6, 6.07) is 8.32. The first-order valence-electron chi connectivity index (χ1n) is 5.72. The van der Waals surface area contributed by atoms with Crippen LogP contribution in [0.1, 0.15) is 10.4 Å². The molecule has 0 radical (unpaired) electrons. The van der Waals surface area contributed by atoms with Crippen LogP contribution in [0.15, 0.2) is 42.7 Å². The zero-order valence-corrected chi connectivity index (χ0v) is 11.6. The highest BCUT2D eigenvalue weighted by atomic mass is 35.5. The third-order valence-electron chi connectivity index (χ3n) is 2.91. The molecule has 3 aromatic rings. The molecule has 6 heteroatoms. The summed E-state index contributed by atoms with van der Waals surface area (Å²) < 4.78 is 1.66. The Bertz CT molecular complexity index is 827. The van der Waals surface area contributed by atoms with Crippen molar-refractivity contribution in [1.29, 1.82) is 0 Å². The summed E-state index contributed by atoms with van der Waals surface area (Å²) in [6.45, 7) is 0. The predicted octanol–water partition coefficient (Wildman–Crippen LogP) is 4.01. The van der Waals surface area contributed by atoms with Crippen molar-refractivity contribution in [2.75, 3.05) is 0 Å². The van der Waals surface area contributed by atoms with Gasteiger partial charge in [0.25, 0.3) is 0 Å². The van der Waals surface area contributed by atoms with Gasteiger partial charge in [-0.05, 0) is 30.3 Å². The molecule has 0 amide bonds. The van der Waals surface area contributed by atoms with Gasteiger partial charge in [-0.3, -0.25) is 0 Å². The Kier molecular flexibility index (Phi) is 3.12. The van der Waals surface area contributed by atoms with E-state index in [1.54, 1.807) is 34.9 Å². The number of aromatic carboxylic acids is 1. The van der Waals surface area contributed by atoms with Crippen molar-refractivity contribution < 1.29 is 9.90 Å². The predicted molar refractivity (Wildman–Crippen MR) is 77.6 cm³/mol. The van der Waals surface area contributed by atoms with E-state index in [1.165, 1.54) is 12.3 Å². The summed E-state index contributed by atoms with van der Waals surface area (Å²) >= 11 is 12.0. The first kappa shape index (κ1) is 13.0. The van der Waals surface area contributed by atoms with Gasteiger partial charge in [-0.2, -0.15) is 0 Å². The molecule has 0 spiro atoms. The third-order valence-corrected chi connectivity index (χ3v) is 3.45. The molecule has 4 nitrogen and oxygen atoms in total. The molecule has 0 saturated heterocycles. The van der Waals surface area contributed by atoms with Crippen LogP contribution in [0.5, 0.6) is 0 Å². The van der Waals surface area contributed by atoms with E-state index in [1.807, 2.05) is 0 Å². The highest BCUT2D eigenvalue weighted by Crippen LogP contribution is 2.29. The lowest BCUT2D eigenvalue weighted by atomic mass is 10.2. The lowest BCUT2D eigenvalue weighted by molar-refractivity contribution is 0.0696. The van der Waals surface area contributed by atoms with Crippen molar-refractivity contribution in [3.8, 4) is 11.3 Å². The number of rotatable bonds is 2. The molecule has 0 bridgehead atoms. The fourth-order valence-electron chi connectivity index (χ4n) is 1.95. The topological polar surface area (TPSA) is 54.6 Å². The third kappa shape index (κ3) is 2.24. The number of carbonyl (C=O) groups is 1. The zero-order chi connectivity index (χ0) is 14.3. The van der Waals surface area contributed by atoms with E-state index >= 15 is 0 Å². The van der Waals surface area contributed by atoms with Crippen LogP contribution >= 0.6 is 23.2 Å². The van der Waals surface area contributed by atoms with Crippen LogP contribution in [-0.4, -0.2) is 20.5 Å². The molecule has 100 valence electrons. The lowest BCUT2D eigenvalue weighted by Crippen LogP contribution is -1.97. The first-order chi connectivity index (χ1) is 9.54. The molecule has 0 aliphatic carbocycles. The smallest absolute Gasteiger partial charge is 0.337 e. The van der Waals surface area contributed by atoms with Crippen LogP contribution < -0.4 is 0 Å². The van der Waals surface area contributed by atoms with Crippen LogP contribution in [0, 0.1) is 0 Å². The van der Waals surface area contributed by atoms with E-state index in [2.05, 4.69) is 4.98 Å². The van der Waals surface area contributed by atoms with Crippen molar-refractivity contribution in [3.63, 3.8) is 0 Å². The second kappa shape index (κ2) is 4.81.